The summed E-state index contributed by atoms with van der Waals surface area (Å²) >= 11 is 0. The number of ether oxygens (including phenoxy) is 2. The smallest absolute Gasteiger partial charge is 0.257 e. The number of methoxy groups -OCH3 is 1. The van der Waals surface area contributed by atoms with E-state index in [1.807, 2.05) is 11.0 Å². The van der Waals surface area contributed by atoms with E-state index in [-0.39, 0.29) is 17.4 Å². The fourth-order valence-corrected chi connectivity index (χ4v) is 4.95. The Balaban J connectivity index is 1.33. The number of hydrogen-bond donors (Lipinski definition) is 0. The normalized spacial score (nSPS) is 24.0. The Morgan fingerprint density at radius 3 is 2.59 bits per heavy atom. The van der Waals surface area contributed by atoms with Crippen LogP contribution in [0.4, 0.5) is 14.7 Å². The zero-order valence-electron chi connectivity index (χ0n) is 17.4. The molecule has 1 aromatic heterocycles. The first-order valence-corrected chi connectivity index (χ1v) is 10.5. The van der Waals surface area contributed by atoms with Crippen LogP contribution in [-0.2, 0) is 9.53 Å². The highest BCUT2D eigenvalue weighted by molar-refractivity contribution is 5.88. The highest BCUT2D eigenvalue weighted by atomic mass is 19.1. The fraction of sp³-hybridized carbons (Fsp3) is 0.455. The second-order valence-electron chi connectivity index (χ2n) is 8.27. The van der Waals surface area contributed by atoms with E-state index in [4.69, 9.17) is 14.7 Å². The first-order valence-electron chi connectivity index (χ1n) is 10.5. The number of fused-ring (bicyclic) bond motifs is 1. The molecule has 0 aliphatic carbocycles. The quantitative estimate of drug-likeness (QED) is 0.723. The lowest BCUT2D eigenvalue weighted by Gasteiger charge is -2.37. The molecular formula is C22H21F2N5O3. The topological polar surface area (TPSA) is 91.6 Å². The number of piperidine rings is 1. The Bertz CT molecular complexity index is 1090. The van der Waals surface area contributed by atoms with Crippen molar-refractivity contribution < 1.29 is 23.0 Å². The molecule has 5 rings (SSSR count). The van der Waals surface area contributed by atoms with E-state index in [2.05, 4.69) is 9.97 Å². The van der Waals surface area contributed by atoms with Gasteiger partial charge in [0.1, 0.15) is 29.5 Å². The van der Waals surface area contributed by atoms with Gasteiger partial charge < -0.3 is 19.3 Å². The summed E-state index contributed by atoms with van der Waals surface area (Å²) in [5.41, 5.74) is -0.253. The van der Waals surface area contributed by atoms with Gasteiger partial charge in [-0.25, -0.2) is 13.8 Å². The highest BCUT2D eigenvalue weighted by Gasteiger charge is 2.58. The Hall–Kier alpha value is -3.32. The third-order valence-corrected chi connectivity index (χ3v) is 6.50. The third-order valence-electron chi connectivity index (χ3n) is 6.50. The summed E-state index contributed by atoms with van der Waals surface area (Å²) in [6.45, 7) is 0.973. The number of rotatable bonds is 3. The molecule has 0 bridgehead atoms. The minimum absolute atomic E-state index is 0.132. The van der Waals surface area contributed by atoms with Crippen LogP contribution < -0.4 is 9.64 Å². The summed E-state index contributed by atoms with van der Waals surface area (Å²) in [7, 11) is 1.44. The minimum atomic E-state index is -0.956. The van der Waals surface area contributed by atoms with Crippen molar-refractivity contribution in [2.75, 3.05) is 25.1 Å². The summed E-state index contributed by atoms with van der Waals surface area (Å²) in [4.78, 5) is 25.6. The maximum Gasteiger partial charge on any atom is 0.257 e. The highest BCUT2D eigenvalue weighted by Crippen LogP contribution is 2.48. The summed E-state index contributed by atoms with van der Waals surface area (Å²) < 4.78 is 38.9. The van der Waals surface area contributed by atoms with Gasteiger partial charge in [0.25, 0.3) is 5.91 Å². The second kappa shape index (κ2) is 7.67. The Labute approximate surface area is 183 Å². The van der Waals surface area contributed by atoms with Crippen LogP contribution >= 0.6 is 0 Å². The van der Waals surface area contributed by atoms with Crippen LogP contribution in [0.5, 0.6) is 5.88 Å². The molecule has 3 fully saturated rings. The standard InChI is InChI=1S/C22H21F2N5O3/c1-31-19-14(11-25)12-26-21(27-19)28-6-4-22(5-7-28)20(30)29-17(2-3-18(29)32-22)13-8-15(23)10-16(24)9-13/h8-10,12,17-18H,2-7H2,1H3. The summed E-state index contributed by atoms with van der Waals surface area (Å²) in [5, 5.41) is 9.11. The van der Waals surface area contributed by atoms with Crippen LogP contribution in [0.2, 0.25) is 0 Å². The number of anilines is 1. The molecule has 2 aromatic rings. The van der Waals surface area contributed by atoms with Crippen LogP contribution in [-0.4, -0.2) is 52.8 Å². The minimum Gasteiger partial charge on any atom is -0.480 e. The van der Waals surface area contributed by atoms with Crippen molar-refractivity contribution in [2.24, 2.45) is 0 Å². The number of aromatic nitrogens is 2. The maximum atomic E-state index is 13.8. The number of halogens is 2. The zero-order valence-corrected chi connectivity index (χ0v) is 17.4. The Morgan fingerprint density at radius 2 is 1.94 bits per heavy atom. The van der Waals surface area contributed by atoms with Gasteiger partial charge >= 0.3 is 0 Å². The number of amides is 1. The van der Waals surface area contributed by atoms with Crippen molar-refractivity contribution in [3.8, 4) is 11.9 Å². The van der Waals surface area contributed by atoms with Gasteiger partial charge in [0.05, 0.1) is 19.3 Å². The third kappa shape index (κ3) is 3.24. The van der Waals surface area contributed by atoms with Gasteiger partial charge in [-0.2, -0.15) is 10.2 Å². The first-order chi connectivity index (χ1) is 15.4. The van der Waals surface area contributed by atoms with Crippen molar-refractivity contribution in [3.05, 3.63) is 47.2 Å². The molecule has 0 N–H and O–H groups in total. The molecular weight excluding hydrogens is 420 g/mol. The van der Waals surface area contributed by atoms with Crippen LogP contribution in [0, 0.1) is 23.0 Å². The van der Waals surface area contributed by atoms with Gasteiger partial charge in [0, 0.05) is 32.0 Å². The molecule has 1 aromatic carbocycles. The van der Waals surface area contributed by atoms with Crippen molar-refractivity contribution >= 4 is 11.9 Å². The van der Waals surface area contributed by atoms with E-state index >= 15 is 0 Å². The van der Waals surface area contributed by atoms with E-state index in [1.165, 1.54) is 25.4 Å². The predicted molar refractivity (Wildman–Crippen MR) is 108 cm³/mol. The van der Waals surface area contributed by atoms with Crippen LogP contribution in [0.3, 0.4) is 0 Å². The van der Waals surface area contributed by atoms with E-state index < -0.39 is 29.5 Å². The summed E-state index contributed by atoms with van der Waals surface area (Å²) in [6, 6.07) is 4.98. The molecule has 1 spiro atoms. The van der Waals surface area contributed by atoms with Gasteiger partial charge in [-0.05, 0) is 30.5 Å². The van der Waals surface area contributed by atoms with Crippen LogP contribution in [0.15, 0.2) is 24.4 Å². The molecule has 0 saturated carbocycles. The Morgan fingerprint density at radius 1 is 1.22 bits per heavy atom. The van der Waals surface area contributed by atoms with Gasteiger partial charge in [0.2, 0.25) is 11.8 Å². The monoisotopic (exact) mass is 441 g/mol. The zero-order chi connectivity index (χ0) is 22.5. The molecule has 2 atom stereocenters. The van der Waals surface area contributed by atoms with Gasteiger partial charge in [0.15, 0.2) is 5.60 Å². The number of carbonyl (C=O) groups excluding carboxylic acids is 1. The molecule has 3 aliphatic heterocycles. The molecule has 0 radical (unpaired) electrons. The lowest BCUT2D eigenvalue weighted by molar-refractivity contribution is -0.140. The number of benzene rings is 1. The number of nitrogens with zero attached hydrogens (tertiary/aromatic N) is 5. The molecule has 10 heteroatoms. The average molecular weight is 441 g/mol. The molecule has 3 aliphatic rings. The van der Waals surface area contributed by atoms with Gasteiger partial charge in [-0.3, -0.25) is 4.79 Å². The largest absolute Gasteiger partial charge is 0.480 e. The molecule has 2 unspecified atom stereocenters. The van der Waals surface area contributed by atoms with E-state index in [0.29, 0.717) is 50.3 Å². The maximum absolute atomic E-state index is 13.8. The van der Waals surface area contributed by atoms with Crippen LogP contribution in [0.25, 0.3) is 0 Å². The summed E-state index contributed by atoms with van der Waals surface area (Å²) in [6.07, 6.45) is 3.12. The summed E-state index contributed by atoms with van der Waals surface area (Å²) in [5.74, 6) is -0.812. The molecule has 32 heavy (non-hydrogen) atoms. The number of hydrogen-bond acceptors (Lipinski definition) is 7. The lowest BCUT2D eigenvalue weighted by atomic mass is 9.89. The molecule has 8 nitrogen and oxygen atoms in total. The Kier molecular flexibility index (Phi) is 4.93. The molecule has 1 amide bonds. The molecule has 4 heterocycles. The van der Waals surface area contributed by atoms with Crippen LogP contribution in [0.1, 0.15) is 42.9 Å². The van der Waals surface area contributed by atoms with Crippen molar-refractivity contribution in [3.63, 3.8) is 0 Å². The number of nitriles is 1. The molecule has 3 saturated heterocycles. The second-order valence-corrected chi connectivity index (χ2v) is 8.27. The van der Waals surface area contributed by atoms with E-state index in [1.54, 1.807) is 4.90 Å². The van der Waals surface area contributed by atoms with E-state index in [9.17, 15) is 13.6 Å². The average Bonchev–Trinajstić information content (AvgIpc) is 3.31. The first kappa shape index (κ1) is 20.6. The molecule has 166 valence electrons. The number of carbonyl (C=O) groups is 1. The predicted octanol–water partition coefficient (Wildman–Crippen LogP) is 2.69. The lowest BCUT2D eigenvalue weighted by Crippen LogP contribution is -2.50. The van der Waals surface area contributed by atoms with Crippen molar-refractivity contribution in [1.29, 1.82) is 5.26 Å². The van der Waals surface area contributed by atoms with Gasteiger partial charge in [-0.1, -0.05) is 0 Å². The van der Waals surface area contributed by atoms with Crippen molar-refractivity contribution in [1.82, 2.24) is 14.9 Å². The van der Waals surface area contributed by atoms with Gasteiger partial charge in [-0.15, -0.1) is 0 Å². The SMILES string of the molecule is COc1nc(N2CCC3(CC2)OC2CCC(c4cc(F)cc(F)c4)N2C3=O)ncc1C#N. The fourth-order valence-electron chi connectivity index (χ4n) is 4.95. The van der Waals surface area contributed by atoms with Crippen molar-refractivity contribution in [2.45, 2.75) is 43.6 Å². The van der Waals surface area contributed by atoms with E-state index in [0.717, 1.165) is 6.07 Å².